The van der Waals surface area contributed by atoms with E-state index in [1.807, 2.05) is 23.1 Å². The van der Waals surface area contributed by atoms with Gasteiger partial charge in [-0.3, -0.25) is 9.59 Å². The molecule has 6 heteroatoms. The van der Waals surface area contributed by atoms with Gasteiger partial charge in [0.15, 0.2) is 0 Å². The summed E-state index contributed by atoms with van der Waals surface area (Å²) in [6, 6.07) is 24.2. The smallest absolute Gasteiger partial charge is 0.255 e. The number of piperazine rings is 1. The van der Waals surface area contributed by atoms with Crippen LogP contribution in [0.4, 0.5) is 11.4 Å². The number of nitrogens with zero attached hydrogens (tertiary/aromatic N) is 2. The topological polar surface area (TPSA) is 61.9 Å². The third kappa shape index (κ3) is 4.86. The zero-order valence-electron chi connectivity index (χ0n) is 17.5. The highest BCUT2D eigenvalue weighted by Crippen LogP contribution is 2.18. The molecule has 0 aliphatic carbocycles. The number of carbonyl (C=O) groups is 2. The Kier molecular flexibility index (Phi) is 6.17. The van der Waals surface area contributed by atoms with Crippen LogP contribution in [0.3, 0.4) is 0 Å². The molecule has 1 fully saturated rings. The summed E-state index contributed by atoms with van der Waals surface area (Å²) in [5.74, 6) is 0.503. The first-order valence-electron chi connectivity index (χ1n) is 10.3. The predicted molar refractivity (Wildman–Crippen MR) is 122 cm³/mol. The predicted octanol–water partition coefficient (Wildman–Crippen LogP) is 3.91. The number of methoxy groups -OCH3 is 1. The molecule has 3 aromatic rings. The second kappa shape index (κ2) is 9.34. The van der Waals surface area contributed by atoms with Crippen molar-refractivity contribution >= 4 is 23.2 Å². The third-order valence-electron chi connectivity index (χ3n) is 5.43. The molecule has 0 atom stereocenters. The Bertz CT molecular complexity index is 1030. The fraction of sp³-hybridized carbons (Fsp3) is 0.200. The van der Waals surface area contributed by atoms with Crippen molar-refractivity contribution in [2.24, 2.45) is 0 Å². The zero-order chi connectivity index (χ0) is 21.6. The molecule has 0 aromatic heterocycles. The van der Waals surface area contributed by atoms with Gasteiger partial charge in [-0.15, -0.1) is 0 Å². The summed E-state index contributed by atoms with van der Waals surface area (Å²) >= 11 is 0. The molecule has 0 spiro atoms. The van der Waals surface area contributed by atoms with Crippen molar-refractivity contribution in [2.45, 2.75) is 0 Å². The Morgan fingerprint density at radius 2 is 1.39 bits per heavy atom. The van der Waals surface area contributed by atoms with E-state index in [1.165, 1.54) is 5.69 Å². The number of anilines is 2. The van der Waals surface area contributed by atoms with Gasteiger partial charge in [0.05, 0.1) is 7.11 Å². The summed E-state index contributed by atoms with van der Waals surface area (Å²) in [5, 5.41) is 2.85. The highest BCUT2D eigenvalue weighted by Gasteiger charge is 2.22. The number of hydrogen-bond donors (Lipinski definition) is 1. The Labute approximate surface area is 182 Å². The molecule has 2 amide bonds. The van der Waals surface area contributed by atoms with E-state index in [1.54, 1.807) is 55.6 Å². The molecular weight excluding hydrogens is 390 g/mol. The molecule has 0 saturated carbocycles. The third-order valence-corrected chi connectivity index (χ3v) is 5.43. The summed E-state index contributed by atoms with van der Waals surface area (Å²) in [5.41, 5.74) is 2.99. The van der Waals surface area contributed by atoms with E-state index in [0.717, 1.165) is 13.1 Å². The van der Waals surface area contributed by atoms with E-state index < -0.39 is 0 Å². The van der Waals surface area contributed by atoms with Crippen molar-refractivity contribution in [3.8, 4) is 5.75 Å². The maximum Gasteiger partial charge on any atom is 0.255 e. The average Bonchev–Trinajstić information content (AvgIpc) is 2.85. The minimum absolute atomic E-state index is 0.0146. The highest BCUT2D eigenvalue weighted by atomic mass is 16.5. The molecule has 1 aliphatic rings. The van der Waals surface area contributed by atoms with Gasteiger partial charge in [0.1, 0.15) is 5.75 Å². The molecule has 0 radical (unpaired) electrons. The monoisotopic (exact) mass is 415 g/mol. The number of hydrogen-bond acceptors (Lipinski definition) is 4. The van der Waals surface area contributed by atoms with Crippen molar-refractivity contribution in [3.63, 3.8) is 0 Å². The van der Waals surface area contributed by atoms with Crippen molar-refractivity contribution in [3.05, 3.63) is 90.0 Å². The van der Waals surface area contributed by atoms with Gasteiger partial charge in [0.2, 0.25) is 0 Å². The van der Waals surface area contributed by atoms with Crippen LogP contribution in [0.5, 0.6) is 5.75 Å². The van der Waals surface area contributed by atoms with Crippen LogP contribution >= 0.6 is 0 Å². The number of nitrogens with one attached hydrogen (secondary N) is 1. The summed E-state index contributed by atoms with van der Waals surface area (Å²) < 4.78 is 5.11. The lowest BCUT2D eigenvalue weighted by atomic mass is 10.1. The van der Waals surface area contributed by atoms with Crippen LogP contribution in [0.25, 0.3) is 0 Å². The van der Waals surface area contributed by atoms with Gasteiger partial charge in [-0.2, -0.15) is 0 Å². The molecule has 1 N–H and O–H groups in total. The molecule has 4 rings (SSSR count). The van der Waals surface area contributed by atoms with Crippen LogP contribution in [-0.4, -0.2) is 50.0 Å². The fourth-order valence-corrected chi connectivity index (χ4v) is 3.63. The average molecular weight is 415 g/mol. The summed E-state index contributed by atoms with van der Waals surface area (Å²) in [7, 11) is 1.58. The lowest BCUT2D eigenvalue weighted by Crippen LogP contribution is -2.48. The summed E-state index contributed by atoms with van der Waals surface area (Å²) in [4.78, 5) is 29.4. The second-order valence-electron chi connectivity index (χ2n) is 7.37. The van der Waals surface area contributed by atoms with Crippen LogP contribution in [0, 0.1) is 0 Å². The zero-order valence-corrected chi connectivity index (χ0v) is 17.5. The second-order valence-corrected chi connectivity index (χ2v) is 7.37. The van der Waals surface area contributed by atoms with Crippen LogP contribution in [0.1, 0.15) is 20.7 Å². The van der Waals surface area contributed by atoms with Crippen molar-refractivity contribution in [1.82, 2.24) is 4.90 Å². The van der Waals surface area contributed by atoms with E-state index in [4.69, 9.17) is 4.74 Å². The molecular formula is C25H25N3O3. The van der Waals surface area contributed by atoms with E-state index in [2.05, 4.69) is 22.3 Å². The number of ether oxygens (including phenoxy) is 1. The number of benzene rings is 3. The van der Waals surface area contributed by atoms with Gasteiger partial charge < -0.3 is 19.9 Å². The summed E-state index contributed by atoms with van der Waals surface area (Å²) in [6.45, 7) is 2.99. The van der Waals surface area contributed by atoms with Crippen LogP contribution in [0.15, 0.2) is 78.9 Å². The van der Waals surface area contributed by atoms with E-state index >= 15 is 0 Å². The van der Waals surface area contributed by atoms with Gasteiger partial charge in [0, 0.05) is 48.7 Å². The van der Waals surface area contributed by atoms with Gasteiger partial charge in [-0.1, -0.05) is 18.2 Å². The van der Waals surface area contributed by atoms with Crippen molar-refractivity contribution < 1.29 is 14.3 Å². The van der Waals surface area contributed by atoms with Gasteiger partial charge >= 0.3 is 0 Å². The Balaban J connectivity index is 1.33. The van der Waals surface area contributed by atoms with Gasteiger partial charge in [0.25, 0.3) is 11.8 Å². The molecule has 0 bridgehead atoms. The summed E-state index contributed by atoms with van der Waals surface area (Å²) in [6.07, 6.45) is 0. The van der Waals surface area contributed by atoms with Crippen LogP contribution in [0.2, 0.25) is 0 Å². The first-order valence-corrected chi connectivity index (χ1v) is 10.3. The van der Waals surface area contributed by atoms with Crippen molar-refractivity contribution in [2.75, 3.05) is 43.5 Å². The number of para-hydroxylation sites is 1. The minimum Gasteiger partial charge on any atom is -0.497 e. The number of rotatable bonds is 5. The molecule has 1 saturated heterocycles. The molecule has 0 unspecified atom stereocenters. The molecule has 1 aliphatic heterocycles. The normalized spacial score (nSPS) is 13.6. The molecule has 6 nitrogen and oxygen atoms in total. The fourth-order valence-electron chi connectivity index (χ4n) is 3.63. The first kappa shape index (κ1) is 20.5. The molecule has 3 aromatic carbocycles. The first-order chi connectivity index (χ1) is 15.1. The SMILES string of the molecule is COc1ccc(C(=O)Nc2ccc(C(=O)N3CCN(c4ccccc4)CC3)cc2)cc1. The van der Waals surface area contributed by atoms with E-state index in [-0.39, 0.29) is 11.8 Å². The minimum atomic E-state index is -0.209. The number of carbonyl (C=O) groups excluding carboxylic acids is 2. The van der Waals surface area contributed by atoms with Crippen LogP contribution in [-0.2, 0) is 0 Å². The lowest BCUT2D eigenvalue weighted by molar-refractivity contribution is 0.0746. The lowest BCUT2D eigenvalue weighted by Gasteiger charge is -2.36. The Morgan fingerprint density at radius 3 is 2.00 bits per heavy atom. The van der Waals surface area contributed by atoms with Crippen LogP contribution < -0.4 is 15.0 Å². The maximum absolute atomic E-state index is 12.9. The maximum atomic E-state index is 12.9. The highest BCUT2D eigenvalue weighted by molar-refractivity contribution is 6.04. The molecule has 31 heavy (non-hydrogen) atoms. The Morgan fingerprint density at radius 1 is 0.774 bits per heavy atom. The number of amides is 2. The quantitative estimate of drug-likeness (QED) is 0.686. The largest absolute Gasteiger partial charge is 0.497 e. The van der Waals surface area contributed by atoms with Crippen molar-refractivity contribution in [1.29, 1.82) is 0 Å². The van der Waals surface area contributed by atoms with E-state index in [9.17, 15) is 9.59 Å². The molecule has 1 heterocycles. The van der Waals surface area contributed by atoms with E-state index in [0.29, 0.717) is 35.7 Å². The molecule has 158 valence electrons. The van der Waals surface area contributed by atoms with Gasteiger partial charge in [-0.05, 0) is 60.7 Å². The van der Waals surface area contributed by atoms with Gasteiger partial charge in [-0.25, -0.2) is 0 Å². The standard InChI is InChI=1S/C25H25N3O3/c1-31-23-13-9-19(10-14-23)24(29)26-21-11-7-20(8-12-21)25(30)28-17-15-27(16-18-28)22-5-3-2-4-6-22/h2-14H,15-18H2,1H3,(H,26,29). The Hall–Kier alpha value is -3.80.